The molecule has 2 aromatic rings. The Morgan fingerprint density at radius 2 is 2.00 bits per heavy atom. The van der Waals surface area contributed by atoms with Gasteiger partial charge in [0.15, 0.2) is 5.75 Å². The topological polar surface area (TPSA) is 61.5 Å². The summed E-state index contributed by atoms with van der Waals surface area (Å²) in [6, 6.07) is 9.86. The quantitative estimate of drug-likeness (QED) is 0.683. The van der Waals surface area contributed by atoms with Crippen LogP contribution in [0.25, 0.3) is 0 Å². The van der Waals surface area contributed by atoms with Gasteiger partial charge in [-0.2, -0.15) is 0 Å². The van der Waals surface area contributed by atoms with Crippen LogP contribution in [0.2, 0.25) is 10.0 Å². The minimum absolute atomic E-state index is 0.0345. The monoisotopic (exact) mass is 325 g/mol. The molecule has 6 heteroatoms. The third-order valence-electron chi connectivity index (χ3n) is 2.84. The summed E-state index contributed by atoms with van der Waals surface area (Å²) in [7, 11) is 1.44. The Morgan fingerprint density at radius 3 is 2.67 bits per heavy atom. The van der Waals surface area contributed by atoms with E-state index in [1.165, 1.54) is 7.11 Å². The van der Waals surface area contributed by atoms with Crippen LogP contribution in [0.4, 0.5) is 5.69 Å². The molecule has 0 bridgehead atoms. The number of para-hydroxylation sites is 1. The van der Waals surface area contributed by atoms with Gasteiger partial charge in [-0.15, -0.1) is 0 Å². The maximum absolute atomic E-state index is 12.1. The van der Waals surface area contributed by atoms with E-state index < -0.39 is 5.97 Å². The van der Waals surface area contributed by atoms with Crippen molar-refractivity contribution < 1.29 is 14.3 Å². The molecule has 2 rings (SSSR count). The lowest BCUT2D eigenvalue weighted by Crippen LogP contribution is -2.08. The van der Waals surface area contributed by atoms with Gasteiger partial charge in [0.2, 0.25) is 0 Å². The molecule has 0 aliphatic carbocycles. The lowest BCUT2D eigenvalue weighted by molar-refractivity contribution is 0.0469. The van der Waals surface area contributed by atoms with Gasteiger partial charge in [0.05, 0.1) is 12.8 Å². The number of methoxy groups -OCH3 is 1. The molecule has 110 valence electrons. The molecule has 0 atom stereocenters. The van der Waals surface area contributed by atoms with Crippen LogP contribution in [0.5, 0.6) is 5.75 Å². The molecule has 0 spiro atoms. The Balaban J connectivity index is 2.14. The van der Waals surface area contributed by atoms with E-state index in [-0.39, 0.29) is 12.2 Å². The van der Waals surface area contributed by atoms with Crippen LogP contribution in [0.3, 0.4) is 0 Å². The fourth-order valence-electron chi connectivity index (χ4n) is 1.80. The first-order valence-corrected chi connectivity index (χ1v) is 6.82. The second-order valence-corrected chi connectivity index (χ2v) is 5.08. The maximum Gasteiger partial charge on any atom is 0.342 e. The number of hydrogen-bond donors (Lipinski definition) is 1. The summed E-state index contributed by atoms with van der Waals surface area (Å²) in [5.41, 5.74) is 7.05. The second kappa shape index (κ2) is 6.70. The molecule has 2 N–H and O–H groups in total. The van der Waals surface area contributed by atoms with E-state index in [9.17, 15) is 4.79 Å². The summed E-state index contributed by atoms with van der Waals surface area (Å²) in [6.07, 6.45) is 0. The largest absolute Gasteiger partial charge is 0.494 e. The number of nitrogen functional groups attached to an aromatic ring is 1. The average Bonchev–Trinajstić information content (AvgIpc) is 2.45. The number of halogens is 2. The van der Waals surface area contributed by atoms with Crippen molar-refractivity contribution in [3.8, 4) is 5.75 Å². The summed E-state index contributed by atoms with van der Waals surface area (Å²) < 4.78 is 10.3. The van der Waals surface area contributed by atoms with Crippen LogP contribution in [0.15, 0.2) is 36.4 Å². The Bertz CT molecular complexity index is 674. The third-order valence-corrected chi connectivity index (χ3v) is 3.43. The van der Waals surface area contributed by atoms with Gasteiger partial charge in [-0.05, 0) is 24.3 Å². The van der Waals surface area contributed by atoms with E-state index in [1.807, 2.05) is 0 Å². The van der Waals surface area contributed by atoms with Crippen LogP contribution < -0.4 is 10.5 Å². The Hall–Kier alpha value is -1.91. The van der Waals surface area contributed by atoms with E-state index in [0.29, 0.717) is 27.0 Å². The lowest BCUT2D eigenvalue weighted by Gasteiger charge is -2.11. The van der Waals surface area contributed by atoms with Crippen molar-refractivity contribution in [3.05, 3.63) is 57.6 Å². The van der Waals surface area contributed by atoms with Crippen molar-refractivity contribution in [1.82, 2.24) is 0 Å². The van der Waals surface area contributed by atoms with Gasteiger partial charge in [0.1, 0.15) is 12.2 Å². The summed E-state index contributed by atoms with van der Waals surface area (Å²) in [5.74, 6) is -0.241. The fraction of sp³-hybridized carbons (Fsp3) is 0.133. The molecule has 4 nitrogen and oxygen atoms in total. The van der Waals surface area contributed by atoms with Crippen LogP contribution in [-0.4, -0.2) is 13.1 Å². The zero-order valence-electron chi connectivity index (χ0n) is 11.2. The van der Waals surface area contributed by atoms with Gasteiger partial charge >= 0.3 is 5.97 Å². The zero-order valence-corrected chi connectivity index (χ0v) is 12.7. The molecule has 0 amide bonds. The molecule has 0 saturated heterocycles. The minimum atomic E-state index is -0.537. The summed E-state index contributed by atoms with van der Waals surface area (Å²) >= 11 is 11.8. The van der Waals surface area contributed by atoms with Crippen molar-refractivity contribution in [2.75, 3.05) is 12.8 Å². The molecule has 0 unspecified atom stereocenters. The number of hydrogen-bond acceptors (Lipinski definition) is 4. The normalized spacial score (nSPS) is 10.2. The maximum atomic E-state index is 12.1. The highest BCUT2D eigenvalue weighted by Crippen LogP contribution is 2.27. The van der Waals surface area contributed by atoms with Crippen molar-refractivity contribution in [3.63, 3.8) is 0 Å². The molecular weight excluding hydrogens is 313 g/mol. The number of esters is 1. The number of carbonyl (C=O) groups is 1. The standard InChI is InChI=1S/C15H13Cl2NO3/c1-20-14-11(3-2-4-13(14)18)15(19)21-8-9-5-6-10(16)7-12(9)17/h2-7H,8,18H2,1H3. The van der Waals surface area contributed by atoms with Gasteiger partial charge in [-0.1, -0.05) is 35.3 Å². The highest BCUT2D eigenvalue weighted by atomic mass is 35.5. The molecule has 0 fully saturated rings. The molecule has 0 saturated carbocycles. The van der Waals surface area contributed by atoms with Crippen molar-refractivity contribution in [2.24, 2.45) is 0 Å². The molecule has 0 aromatic heterocycles. The number of carbonyl (C=O) groups excluding carboxylic acids is 1. The van der Waals surface area contributed by atoms with Crippen molar-refractivity contribution in [2.45, 2.75) is 6.61 Å². The highest BCUT2D eigenvalue weighted by molar-refractivity contribution is 6.35. The van der Waals surface area contributed by atoms with Gasteiger partial charge in [0.25, 0.3) is 0 Å². The van der Waals surface area contributed by atoms with Crippen LogP contribution in [0, 0.1) is 0 Å². The predicted molar refractivity (Wildman–Crippen MR) is 83.0 cm³/mol. The van der Waals surface area contributed by atoms with Gasteiger partial charge < -0.3 is 15.2 Å². The van der Waals surface area contributed by atoms with Crippen molar-refractivity contribution in [1.29, 1.82) is 0 Å². The first-order valence-electron chi connectivity index (χ1n) is 6.06. The first kappa shape index (κ1) is 15.5. The van der Waals surface area contributed by atoms with Crippen LogP contribution in [0.1, 0.15) is 15.9 Å². The molecular formula is C15H13Cl2NO3. The van der Waals surface area contributed by atoms with E-state index >= 15 is 0 Å². The van der Waals surface area contributed by atoms with E-state index in [4.69, 9.17) is 38.4 Å². The molecule has 0 heterocycles. The second-order valence-electron chi connectivity index (χ2n) is 4.24. The number of nitrogens with two attached hydrogens (primary N) is 1. The third kappa shape index (κ3) is 3.60. The summed E-state index contributed by atoms with van der Waals surface area (Å²) in [6.45, 7) is 0.0345. The lowest BCUT2D eigenvalue weighted by atomic mass is 10.1. The first-order chi connectivity index (χ1) is 10.0. The van der Waals surface area contributed by atoms with Gasteiger partial charge in [-0.25, -0.2) is 4.79 Å². The number of ether oxygens (including phenoxy) is 2. The molecule has 0 aliphatic rings. The number of anilines is 1. The zero-order chi connectivity index (χ0) is 15.4. The van der Waals surface area contributed by atoms with Gasteiger partial charge in [-0.3, -0.25) is 0 Å². The molecule has 0 radical (unpaired) electrons. The Kier molecular flexibility index (Phi) is 4.94. The molecule has 0 aliphatic heterocycles. The minimum Gasteiger partial charge on any atom is -0.494 e. The highest BCUT2D eigenvalue weighted by Gasteiger charge is 2.16. The SMILES string of the molecule is COc1c(N)cccc1C(=O)OCc1ccc(Cl)cc1Cl. The Labute approximate surface area is 132 Å². The molecule has 21 heavy (non-hydrogen) atoms. The fourth-order valence-corrected chi connectivity index (χ4v) is 2.27. The Morgan fingerprint density at radius 1 is 1.24 bits per heavy atom. The van der Waals surface area contributed by atoms with E-state index in [2.05, 4.69) is 0 Å². The predicted octanol–water partition coefficient (Wildman–Crippen LogP) is 3.94. The summed E-state index contributed by atoms with van der Waals surface area (Å²) in [5, 5.41) is 0.961. The van der Waals surface area contributed by atoms with Crippen molar-refractivity contribution >= 4 is 34.9 Å². The summed E-state index contributed by atoms with van der Waals surface area (Å²) in [4.78, 5) is 12.1. The number of rotatable bonds is 4. The molecule has 2 aromatic carbocycles. The number of benzene rings is 2. The smallest absolute Gasteiger partial charge is 0.342 e. The average molecular weight is 326 g/mol. The van der Waals surface area contributed by atoms with Crippen LogP contribution >= 0.6 is 23.2 Å². The van der Waals surface area contributed by atoms with Gasteiger partial charge in [0, 0.05) is 15.6 Å². The van der Waals surface area contributed by atoms with E-state index in [0.717, 1.165) is 0 Å². The van der Waals surface area contributed by atoms with Crippen LogP contribution in [-0.2, 0) is 11.3 Å². The van der Waals surface area contributed by atoms with E-state index in [1.54, 1.807) is 36.4 Å².